The van der Waals surface area contributed by atoms with Crippen LogP contribution in [0.3, 0.4) is 0 Å². The third-order valence-corrected chi connectivity index (χ3v) is 6.56. The Morgan fingerprint density at radius 1 is 1.14 bits per heavy atom. The van der Waals surface area contributed by atoms with Crippen molar-refractivity contribution in [2.75, 3.05) is 18.4 Å². The van der Waals surface area contributed by atoms with Crippen LogP contribution in [0.5, 0.6) is 0 Å². The van der Waals surface area contributed by atoms with Crippen LogP contribution >= 0.6 is 11.3 Å². The number of rotatable bonds is 5. The van der Waals surface area contributed by atoms with E-state index in [-0.39, 0.29) is 11.0 Å². The van der Waals surface area contributed by atoms with E-state index in [4.69, 9.17) is 4.98 Å². The second kappa shape index (κ2) is 7.92. The number of aromatic nitrogens is 3. The summed E-state index contributed by atoms with van der Waals surface area (Å²) in [5, 5.41) is 6.81. The smallest absolute Gasteiger partial charge is 0.183 e. The molecule has 0 bridgehead atoms. The number of likely N-dealkylation sites (tertiary alicyclic amines) is 1. The molecule has 0 amide bonds. The van der Waals surface area contributed by atoms with Gasteiger partial charge in [-0.1, -0.05) is 30.3 Å². The zero-order chi connectivity index (χ0) is 20.5. The van der Waals surface area contributed by atoms with Crippen LogP contribution in [0.15, 0.2) is 48.1 Å². The van der Waals surface area contributed by atoms with Crippen LogP contribution in [0.2, 0.25) is 0 Å². The van der Waals surface area contributed by atoms with Gasteiger partial charge in [0.2, 0.25) is 0 Å². The lowest BCUT2D eigenvalue weighted by Crippen LogP contribution is -2.43. The Morgan fingerprint density at radius 3 is 2.48 bits per heavy atom. The molecule has 0 atom stereocenters. The lowest BCUT2D eigenvalue weighted by molar-refractivity contribution is 0.166. The van der Waals surface area contributed by atoms with Gasteiger partial charge in [-0.3, -0.25) is 4.90 Å². The van der Waals surface area contributed by atoms with Gasteiger partial charge in [0.1, 0.15) is 5.82 Å². The molecule has 5 nitrogen and oxygen atoms in total. The SMILES string of the molecule is Cn1ccnc1CN1CCC(c2ccccc2)(c2csc(NC(C)(C)C)n2)CC1. The summed E-state index contributed by atoms with van der Waals surface area (Å²) < 4.78 is 2.12. The van der Waals surface area contributed by atoms with E-state index in [0.717, 1.165) is 43.4 Å². The molecule has 1 aliphatic heterocycles. The second-order valence-electron chi connectivity index (χ2n) is 9.09. The van der Waals surface area contributed by atoms with Crippen molar-refractivity contribution >= 4 is 16.5 Å². The summed E-state index contributed by atoms with van der Waals surface area (Å²) >= 11 is 1.72. The van der Waals surface area contributed by atoms with Gasteiger partial charge in [0.05, 0.1) is 12.2 Å². The van der Waals surface area contributed by atoms with Crippen molar-refractivity contribution in [1.29, 1.82) is 0 Å². The summed E-state index contributed by atoms with van der Waals surface area (Å²) in [6.07, 6.45) is 6.04. The molecule has 0 spiro atoms. The molecule has 0 radical (unpaired) electrons. The summed E-state index contributed by atoms with van der Waals surface area (Å²) in [5.41, 5.74) is 2.58. The molecule has 2 aromatic heterocycles. The van der Waals surface area contributed by atoms with Crippen molar-refractivity contribution < 1.29 is 0 Å². The number of benzene rings is 1. The number of anilines is 1. The fraction of sp³-hybridized carbons (Fsp3) is 0.478. The Bertz CT molecular complexity index is 930. The van der Waals surface area contributed by atoms with Crippen LogP contribution in [-0.4, -0.2) is 38.1 Å². The molecule has 29 heavy (non-hydrogen) atoms. The predicted octanol–water partition coefficient (Wildman–Crippen LogP) is 4.67. The zero-order valence-corrected chi connectivity index (χ0v) is 18.7. The van der Waals surface area contributed by atoms with Crippen LogP contribution in [0, 0.1) is 0 Å². The van der Waals surface area contributed by atoms with Gasteiger partial charge in [-0.05, 0) is 52.3 Å². The standard InChI is InChI=1S/C23H31N5S/c1-22(2,3)26-21-25-19(17-29-21)23(18-8-6-5-7-9-18)10-13-28(14-11-23)16-20-24-12-15-27(20)4/h5-9,12,15,17H,10-11,13-14,16H2,1-4H3,(H,25,26). The summed E-state index contributed by atoms with van der Waals surface area (Å²) in [7, 11) is 2.07. The number of hydrogen-bond donors (Lipinski definition) is 1. The maximum absolute atomic E-state index is 5.06. The Labute approximate surface area is 177 Å². The molecular weight excluding hydrogens is 378 g/mol. The first kappa shape index (κ1) is 20.1. The summed E-state index contributed by atoms with van der Waals surface area (Å²) in [6, 6.07) is 10.9. The first-order chi connectivity index (χ1) is 13.9. The van der Waals surface area contributed by atoms with Crippen molar-refractivity contribution in [3.63, 3.8) is 0 Å². The minimum absolute atomic E-state index is 0.0144. The number of aryl methyl sites for hydroxylation is 1. The monoisotopic (exact) mass is 409 g/mol. The fourth-order valence-corrected chi connectivity index (χ4v) is 5.18. The number of thiazole rings is 1. The topological polar surface area (TPSA) is 46.0 Å². The number of piperidine rings is 1. The number of nitrogens with zero attached hydrogens (tertiary/aromatic N) is 4. The molecule has 6 heteroatoms. The number of imidazole rings is 1. The predicted molar refractivity (Wildman–Crippen MR) is 120 cm³/mol. The average molecular weight is 410 g/mol. The highest BCUT2D eigenvalue weighted by atomic mass is 32.1. The molecule has 1 aromatic carbocycles. The number of hydrogen-bond acceptors (Lipinski definition) is 5. The van der Waals surface area contributed by atoms with E-state index in [1.807, 2.05) is 12.4 Å². The summed E-state index contributed by atoms with van der Waals surface area (Å²) in [5.74, 6) is 1.13. The van der Waals surface area contributed by atoms with E-state index in [2.05, 4.69) is 83.3 Å². The van der Waals surface area contributed by atoms with Gasteiger partial charge in [-0.2, -0.15) is 0 Å². The minimum atomic E-state index is -0.0201. The molecule has 1 saturated heterocycles. The molecule has 0 saturated carbocycles. The molecule has 3 aromatic rings. The van der Waals surface area contributed by atoms with Crippen molar-refractivity contribution in [3.8, 4) is 0 Å². The molecule has 3 heterocycles. The van der Waals surface area contributed by atoms with E-state index in [0.29, 0.717) is 0 Å². The van der Waals surface area contributed by atoms with E-state index in [1.54, 1.807) is 11.3 Å². The molecule has 1 N–H and O–H groups in total. The molecule has 1 fully saturated rings. The summed E-state index contributed by atoms with van der Waals surface area (Å²) in [4.78, 5) is 12.1. The normalized spacial score (nSPS) is 17.4. The minimum Gasteiger partial charge on any atom is -0.357 e. The lowest BCUT2D eigenvalue weighted by atomic mass is 9.70. The van der Waals surface area contributed by atoms with Crippen LogP contribution in [0.4, 0.5) is 5.13 Å². The Balaban J connectivity index is 1.58. The maximum Gasteiger partial charge on any atom is 0.183 e. The molecule has 0 unspecified atom stereocenters. The average Bonchev–Trinajstić information content (AvgIpc) is 3.31. The van der Waals surface area contributed by atoms with Gasteiger partial charge in [0.25, 0.3) is 0 Å². The fourth-order valence-electron chi connectivity index (χ4n) is 4.16. The zero-order valence-electron chi connectivity index (χ0n) is 17.9. The quantitative estimate of drug-likeness (QED) is 0.665. The molecule has 1 aliphatic rings. The highest BCUT2D eigenvalue weighted by Crippen LogP contribution is 2.43. The van der Waals surface area contributed by atoms with E-state index >= 15 is 0 Å². The van der Waals surface area contributed by atoms with Crippen LogP contribution in [0.1, 0.15) is 50.7 Å². The van der Waals surface area contributed by atoms with Gasteiger partial charge in [0.15, 0.2) is 5.13 Å². The second-order valence-corrected chi connectivity index (χ2v) is 9.95. The molecular formula is C23H31N5S. The van der Waals surface area contributed by atoms with Crippen molar-refractivity contribution in [2.24, 2.45) is 7.05 Å². The Morgan fingerprint density at radius 2 is 1.86 bits per heavy atom. The van der Waals surface area contributed by atoms with Gasteiger partial charge < -0.3 is 9.88 Å². The van der Waals surface area contributed by atoms with Gasteiger partial charge in [0, 0.05) is 35.8 Å². The molecule has 154 valence electrons. The van der Waals surface area contributed by atoms with Gasteiger partial charge in [-0.25, -0.2) is 9.97 Å². The van der Waals surface area contributed by atoms with Crippen LogP contribution in [-0.2, 0) is 19.0 Å². The summed E-state index contributed by atoms with van der Waals surface area (Å²) in [6.45, 7) is 9.52. The lowest BCUT2D eigenvalue weighted by Gasteiger charge is -2.41. The largest absolute Gasteiger partial charge is 0.357 e. The van der Waals surface area contributed by atoms with Crippen molar-refractivity contribution in [3.05, 3.63) is 65.2 Å². The van der Waals surface area contributed by atoms with Crippen LogP contribution in [0.25, 0.3) is 0 Å². The Kier molecular flexibility index (Phi) is 5.49. The van der Waals surface area contributed by atoms with Crippen molar-refractivity contribution in [1.82, 2.24) is 19.4 Å². The van der Waals surface area contributed by atoms with E-state index < -0.39 is 0 Å². The highest BCUT2D eigenvalue weighted by molar-refractivity contribution is 7.13. The number of nitrogens with one attached hydrogen (secondary N) is 1. The van der Waals surface area contributed by atoms with Gasteiger partial charge >= 0.3 is 0 Å². The first-order valence-electron chi connectivity index (χ1n) is 10.3. The third-order valence-electron chi connectivity index (χ3n) is 5.80. The maximum atomic E-state index is 5.06. The van der Waals surface area contributed by atoms with Gasteiger partial charge in [-0.15, -0.1) is 11.3 Å². The molecule has 0 aliphatic carbocycles. The van der Waals surface area contributed by atoms with Crippen LogP contribution < -0.4 is 5.32 Å². The molecule has 4 rings (SSSR count). The Hall–Kier alpha value is -2.18. The van der Waals surface area contributed by atoms with E-state index in [9.17, 15) is 0 Å². The first-order valence-corrected chi connectivity index (χ1v) is 11.2. The van der Waals surface area contributed by atoms with E-state index in [1.165, 1.54) is 11.3 Å². The highest BCUT2D eigenvalue weighted by Gasteiger charge is 2.40. The van der Waals surface area contributed by atoms with Crippen molar-refractivity contribution in [2.45, 2.75) is 51.1 Å². The third kappa shape index (κ3) is 4.38.